The smallest absolute Gasteiger partial charge is 0.335 e. The molecule has 2 N–H and O–H groups in total. The average molecular weight is 226 g/mol. The number of hydrogen-bond donors (Lipinski definition) is 2. The number of hydrogen-bond acceptors (Lipinski definition) is 4. The number of phenols is 1. The van der Waals surface area contributed by atoms with Crippen molar-refractivity contribution < 1.29 is 24.5 Å². The molecule has 0 atom stereocenters. The fraction of sp³-hybridized carbons (Fsp3) is 0.364. The highest BCUT2D eigenvalue weighted by molar-refractivity contribution is 5.89. The van der Waals surface area contributed by atoms with Crippen molar-refractivity contribution >= 4 is 5.97 Å². The molecule has 16 heavy (non-hydrogen) atoms. The summed E-state index contributed by atoms with van der Waals surface area (Å²) in [6, 6.07) is 2.54. The van der Waals surface area contributed by atoms with Gasteiger partial charge in [0, 0.05) is 0 Å². The first-order valence-corrected chi connectivity index (χ1v) is 4.96. The molecule has 0 fully saturated rings. The molecule has 0 aliphatic heterocycles. The Balaban J connectivity index is 3.21. The van der Waals surface area contributed by atoms with Gasteiger partial charge in [-0.3, -0.25) is 0 Å². The highest BCUT2D eigenvalue weighted by atomic mass is 16.5. The van der Waals surface area contributed by atoms with E-state index >= 15 is 0 Å². The van der Waals surface area contributed by atoms with Crippen LogP contribution in [0.2, 0.25) is 0 Å². The first-order chi connectivity index (χ1) is 7.60. The normalized spacial score (nSPS) is 9.88. The number of phenolic OH excluding ortho intramolecular Hbond substituents is 1. The van der Waals surface area contributed by atoms with Crippen LogP contribution in [0.5, 0.6) is 17.2 Å². The van der Waals surface area contributed by atoms with E-state index in [9.17, 15) is 9.90 Å². The molecule has 1 aromatic carbocycles. The third-order valence-electron chi connectivity index (χ3n) is 1.89. The molecule has 0 aliphatic carbocycles. The van der Waals surface area contributed by atoms with Crippen LogP contribution in [0.3, 0.4) is 0 Å². The topological polar surface area (TPSA) is 76.0 Å². The maximum absolute atomic E-state index is 10.8. The lowest BCUT2D eigenvalue weighted by atomic mass is 10.2. The summed E-state index contributed by atoms with van der Waals surface area (Å²) in [5, 5.41) is 18.6. The molecule has 0 amide bonds. The SMILES string of the molecule is CCOc1cc(C(=O)O)cc(OCC)c1O. The maximum atomic E-state index is 10.8. The van der Waals surface area contributed by atoms with Crippen LogP contribution in [0, 0.1) is 0 Å². The Morgan fingerprint density at radius 1 is 1.19 bits per heavy atom. The first-order valence-electron chi connectivity index (χ1n) is 4.96. The van der Waals surface area contributed by atoms with Gasteiger partial charge in [-0.25, -0.2) is 4.79 Å². The predicted octanol–water partition coefficient (Wildman–Crippen LogP) is 1.89. The highest BCUT2D eigenvalue weighted by Gasteiger charge is 2.15. The monoisotopic (exact) mass is 226 g/mol. The van der Waals surface area contributed by atoms with Gasteiger partial charge in [0.05, 0.1) is 18.8 Å². The standard InChI is InChI=1S/C11H14O5/c1-3-15-8-5-7(11(13)14)6-9(10(8)12)16-4-2/h5-6,12H,3-4H2,1-2H3,(H,13,14). The second-order valence-corrected chi connectivity index (χ2v) is 2.99. The molecule has 0 aromatic heterocycles. The van der Waals surface area contributed by atoms with Gasteiger partial charge in [0.1, 0.15) is 0 Å². The molecule has 0 saturated heterocycles. The molecular formula is C11H14O5. The fourth-order valence-electron chi connectivity index (χ4n) is 1.24. The number of benzene rings is 1. The van der Waals surface area contributed by atoms with Gasteiger partial charge in [-0.1, -0.05) is 0 Å². The number of carboxylic acids is 1. The zero-order valence-corrected chi connectivity index (χ0v) is 9.19. The molecule has 0 radical (unpaired) electrons. The Labute approximate surface area is 93.2 Å². The molecule has 0 bridgehead atoms. The highest BCUT2D eigenvalue weighted by Crippen LogP contribution is 2.37. The van der Waals surface area contributed by atoms with Crippen molar-refractivity contribution in [1.29, 1.82) is 0 Å². The van der Waals surface area contributed by atoms with E-state index in [2.05, 4.69) is 0 Å². The summed E-state index contributed by atoms with van der Waals surface area (Å²) in [6.45, 7) is 4.16. The lowest BCUT2D eigenvalue weighted by Crippen LogP contribution is -2.02. The Hall–Kier alpha value is -1.91. The number of rotatable bonds is 5. The van der Waals surface area contributed by atoms with E-state index < -0.39 is 5.97 Å². The van der Waals surface area contributed by atoms with E-state index in [1.165, 1.54) is 12.1 Å². The van der Waals surface area contributed by atoms with Crippen molar-refractivity contribution in [2.45, 2.75) is 13.8 Å². The average Bonchev–Trinajstić information content (AvgIpc) is 2.24. The van der Waals surface area contributed by atoms with Crippen LogP contribution in [0.1, 0.15) is 24.2 Å². The third kappa shape index (κ3) is 2.56. The van der Waals surface area contributed by atoms with Crippen molar-refractivity contribution in [1.82, 2.24) is 0 Å². The summed E-state index contributed by atoms with van der Waals surface area (Å²) in [5.41, 5.74) is 0.0182. The summed E-state index contributed by atoms with van der Waals surface area (Å²) in [4.78, 5) is 10.8. The van der Waals surface area contributed by atoms with Gasteiger partial charge in [-0.05, 0) is 26.0 Å². The molecule has 0 aliphatic rings. The van der Waals surface area contributed by atoms with Crippen LogP contribution in [0.15, 0.2) is 12.1 Å². The van der Waals surface area contributed by atoms with E-state index in [0.717, 1.165) is 0 Å². The van der Waals surface area contributed by atoms with Crippen molar-refractivity contribution in [3.05, 3.63) is 17.7 Å². The van der Waals surface area contributed by atoms with Crippen molar-refractivity contribution in [2.24, 2.45) is 0 Å². The second-order valence-electron chi connectivity index (χ2n) is 2.99. The minimum Gasteiger partial charge on any atom is -0.502 e. The Bertz CT molecular complexity index is 359. The molecular weight excluding hydrogens is 212 g/mol. The van der Waals surface area contributed by atoms with Gasteiger partial charge in [0.2, 0.25) is 5.75 Å². The number of carboxylic acid groups (broad SMARTS) is 1. The van der Waals surface area contributed by atoms with Crippen LogP contribution >= 0.6 is 0 Å². The van der Waals surface area contributed by atoms with Crippen molar-refractivity contribution in [3.63, 3.8) is 0 Å². The van der Waals surface area contributed by atoms with E-state index in [1.54, 1.807) is 13.8 Å². The largest absolute Gasteiger partial charge is 0.502 e. The molecule has 1 rings (SSSR count). The fourth-order valence-corrected chi connectivity index (χ4v) is 1.24. The minimum atomic E-state index is -1.10. The maximum Gasteiger partial charge on any atom is 0.335 e. The molecule has 88 valence electrons. The molecule has 0 spiro atoms. The summed E-state index contributed by atoms with van der Waals surface area (Å²) >= 11 is 0. The number of ether oxygens (including phenoxy) is 2. The lowest BCUT2D eigenvalue weighted by molar-refractivity contribution is 0.0695. The Kier molecular flexibility index (Phi) is 3.99. The Morgan fingerprint density at radius 3 is 1.94 bits per heavy atom. The summed E-state index contributed by atoms with van der Waals surface area (Å²) < 4.78 is 10.2. The Morgan fingerprint density at radius 2 is 1.62 bits per heavy atom. The zero-order chi connectivity index (χ0) is 12.1. The minimum absolute atomic E-state index is 0.0182. The van der Waals surface area contributed by atoms with Crippen LogP contribution in [-0.2, 0) is 0 Å². The van der Waals surface area contributed by atoms with E-state index in [0.29, 0.717) is 13.2 Å². The first kappa shape index (κ1) is 12.2. The summed E-state index contributed by atoms with van der Waals surface area (Å²) in [6.07, 6.45) is 0. The quantitative estimate of drug-likeness (QED) is 0.801. The van der Waals surface area contributed by atoms with Gasteiger partial charge < -0.3 is 19.7 Å². The second kappa shape index (κ2) is 5.25. The third-order valence-corrected chi connectivity index (χ3v) is 1.89. The molecule has 0 heterocycles. The number of aromatic hydroxyl groups is 1. The predicted molar refractivity (Wildman–Crippen MR) is 57.4 cm³/mol. The summed E-state index contributed by atoms with van der Waals surface area (Å²) in [5.74, 6) is -1.03. The van der Waals surface area contributed by atoms with E-state index in [1.807, 2.05) is 0 Å². The number of carbonyl (C=O) groups is 1. The molecule has 0 unspecified atom stereocenters. The van der Waals surface area contributed by atoms with Crippen LogP contribution in [0.4, 0.5) is 0 Å². The van der Waals surface area contributed by atoms with Crippen molar-refractivity contribution in [2.75, 3.05) is 13.2 Å². The summed E-state index contributed by atoms with van der Waals surface area (Å²) in [7, 11) is 0. The molecule has 0 saturated carbocycles. The van der Waals surface area contributed by atoms with E-state index in [-0.39, 0.29) is 22.8 Å². The van der Waals surface area contributed by atoms with Crippen LogP contribution in [0.25, 0.3) is 0 Å². The van der Waals surface area contributed by atoms with Crippen LogP contribution in [-0.4, -0.2) is 29.4 Å². The molecule has 5 nitrogen and oxygen atoms in total. The van der Waals surface area contributed by atoms with Gasteiger partial charge >= 0.3 is 5.97 Å². The van der Waals surface area contributed by atoms with E-state index in [4.69, 9.17) is 14.6 Å². The van der Waals surface area contributed by atoms with Gasteiger partial charge in [0.25, 0.3) is 0 Å². The number of aromatic carboxylic acids is 1. The van der Waals surface area contributed by atoms with Gasteiger partial charge in [0.15, 0.2) is 11.5 Å². The lowest BCUT2D eigenvalue weighted by Gasteiger charge is -2.11. The van der Waals surface area contributed by atoms with Gasteiger partial charge in [-0.2, -0.15) is 0 Å². The van der Waals surface area contributed by atoms with Crippen LogP contribution < -0.4 is 9.47 Å². The zero-order valence-electron chi connectivity index (χ0n) is 9.19. The molecule has 1 aromatic rings. The molecule has 5 heteroatoms. The van der Waals surface area contributed by atoms with Crippen molar-refractivity contribution in [3.8, 4) is 17.2 Å². The van der Waals surface area contributed by atoms with Gasteiger partial charge in [-0.15, -0.1) is 0 Å².